The number of carbonyl (C=O) groups excluding carboxylic acids is 2. The molecule has 0 aliphatic carbocycles. The first-order valence-corrected chi connectivity index (χ1v) is 7.84. The van der Waals surface area contributed by atoms with Gasteiger partial charge in [0, 0.05) is 40.6 Å². The third-order valence-corrected chi connectivity index (χ3v) is 3.55. The number of nitrogens with zero attached hydrogens (tertiary/aromatic N) is 4. The lowest BCUT2D eigenvalue weighted by Gasteiger charge is -2.16. The van der Waals surface area contributed by atoms with Crippen LogP contribution in [0.1, 0.15) is 11.4 Å². The fourth-order valence-electron chi connectivity index (χ4n) is 2.42. The fourth-order valence-corrected chi connectivity index (χ4v) is 2.42. The molecule has 0 spiro atoms. The molecule has 25 heavy (non-hydrogen) atoms. The van der Waals surface area contributed by atoms with E-state index in [0.717, 1.165) is 11.4 Å². The molecule has 0 aliphatic rings. The van der Waals surface area contributed by atoms with Crippen LogP contribution in [0.2, 0.25) is 0 Å². The standard InChI is InChI=1S/C18H22N4O3/c1-21(2)15-7-5-9-19-13(15)11-17(23)25-18(24)12-14-16(22(3)4)8-6-10-20-14/h5-10H,11-12H2,1-4H3. The van der Waals surface area contributed by atoms with Crippen molar-refractivity contribution in [2.45, 2.75) is 12.8 Å². The molecule has 0 atom stereocenters. The molecule has 0 aromatic carbocycles. The van der Waals surface area contributed by atoms with Crippen LogP contribution in [0.5, 0.6) is 0 Å². The highest BCUT2D eigenvalue weighted by Gasteiger charge is 2.17. The Balaban J connectivity index is 2.01. The Labute approximate surface area is 147 Å². The van der Waals surface area contributed by atoms with Gasteiger partial charge in [-0.25, -0.2) is 0 Å². The van der Waals surface area contributed by atoms with Gasteiger partial charge in [-0.1, -0.05) is 0 Å². The van der Waals surface area contributed by atoms with E-state index in [1.54, 1.807) is 24.5 Å². The second-order valence-electron chi connectivity index (χ2n) is 5.93. The summed E-state index contributed by atoms with van der Waals surface area (Å²) in [5.41, 5.74) is 2.76. The molecule has 0 amide bonds. The van der Waals surface area contributed by atoms with Crippen LogP contribution >= 0.6 is 0 Å². The van der Waals surface area contributed by atoms with Gasteiger partial charge in [-0.2, -0.15) is 0 Å². The molecular formula is C18H22N4O3. The number of carbonyl (C=O) groups is 2. The fraction of sp³-hybridized carbons (Fsp3) is 0.333. The van der Waals surface area contributed by atoms with Crippen molar-refractivity contribution in [2.24, 2.45) is 0 Å². The van der Waals surface area contributed by atoms with Gasteiger partial charge in [-0.05, 0) is 24.3 Å². The van der Waals surface area contributed by atoms with Crippen LogP contribution in [0.3, 0.4) is 0 Å². The summed E-state index contributed by atoms with van der Waals surface area (Å²) in [5, 5.41) is 0. The molecule has 0 saturated carbocycles. The number of hydrogen-bond acceptors (Lipinski definition) is 7. The van der Waals surface area contributed by atoms with E-state index in [1.807, 2.05) is 50.1 Å². The minimum Gasteiger partial charge on any atom is -0.393 e. The van der Waals surface area contributed by atoms with Crippen LogP contribution in [0.25, 0.3) is 0 Å². The van der Waals surface area contributed by atoms with Crippen LogP contribution < -0.4 is 9.80 Å². The highest BCUT2D eigenvalue weighted by atomic mass is 16.6. The molecule has 2 aromatic heterocycles. The Morgan fingerprint density at radius 3 is 1.60 bits per heavy atom. The van der Waals surface area contributed by atoms with Gasteiger partial charge in [0.25, 0.3) is 0 Å². The molecule has 0 radical (unpaired) electrons. The van der Waals surface area contributed by atoms with Crippen LogP contribution in [0.4, 0.5) is 11.4 Å². The molecular weight excluding hydrogens is 320 g/mol. The van der Waals surface area contributed by atoms with E-state index in [-0.39, 0.29) is 12.8 Å². The molecule has 0 N–H and O–H groups in total. The van der Waals surface area contributed by atoms with E-state index in [2.05, 4.69) is 9.97 Å². The Hall–Kier alpha value is -2.96. The predicted molar refractivity (Wildman–Crippen MR) is 95.6 cm³/mol. The summed E-state index contributed by atoms with van der Waals surface area (Å²) in [7, 11) is 7.45. The van der Waals surface area contributed by atoms with Gasteiger partial charge in [-0.3, -0.25) is 19.6 Å². The van der Waals surface area contributed by atoms with Gasteiger partial charge >= 0.3 is 11.9 Å². The lowest BCUT2D eigenvalue weighted by atomic mass is 10.2. The van der Waals surface area contributed by atoms with Crippen molar-refractivity contribution in [2.75, 3.05) is 38.0 Å². The van der Waals surface area contributed by atoms with Crippen LogP contribution in [0, 0.1) is 0 Å². The molecule has 2 aromatic rings. The van der Waals surface area contributed by atoms with Gasteiger partial charge in [0.05, 0.1) is 35.6 Å². The van der Waals surface area contributed by atoms with E-state index >= 15 is 0 Å². The van der Waals surface area contributed by atoms with Crippen molar-refractivity contribution in [3.05, 3.63) is 48.0 Å². The molecule has 0 bridgehead atoms. The third kappa shape index (κ3) is 5.00. The molecule has 0 saturated heterocycles. The van der Waals surface area contributed by atoms with E-state index in [1.165, 1.54) is 0 Å². The summed E-state index contributed by atoms with van der Waals surface area (Å²) in [4.78, 5) is 36.3. The van der Waals surface area contributed by atoms with Gasteiger partial charge in [-0.15, -0.1) is 0 Å². The molecule has 2 heterocycles. The van der Waals surface area contributed by atoms with Crippen molar-refractivity contribution in [3.8, 4) is 0 Å². The maximum atomic E-state index is 12.1. The maximum Gasteiger partial charge on any atom is 0.319 e. The zero-order valence-corrected chi connectivity index (χ0v) is 14.9. The number of pyridine rings is 2. The highest BCUT2D eigenvalue weighted by molar-refractivity contribution is 5.88. The topological polar surface area (TPSA) is 75.6 Å². The monoisotopic (exact) mass is 342 g/mol. The number of esters is 2. The predicted octanol–water partition coefficient (Wildman–Crippen LogP) is 1.46. The van der Waals surface area contributed by atoms with Gasteiger partial charge < -0.3 is 14.5 Å². The first-order chi connectivity index (χ1) is 11.9. The minimum atomic E-state index is -0.630. The first kappa shape index (κ1) is 18.4. The van der Waals surface area contributed by atoms with Crippen molar-refractivity contribution in [1.82, 2.24) is 9.97 Å². The third-order valence-electron chi connectivity index (χ3n) is 3.55. The summed E-state index contributed by atoms with van der Waals surface area (Å²) in [6.07, 6.45) is 3.08. The Morgan fingerprint density at radius 2 is 1.24 bits per heavy atom. The zero-order valence-electron chi connectivity index (χ0n) is 14.9. The average Bonchev–Trinajstić information content (AvgIpc) is 2.55. The average molecular weight is 342 g/mol. The van der Waals surface area contributed by atoms with Crippen LogP contribution in [0.15, 0.2) is 36.7 Å². The Morgan fingerprint density at radius 1 is 0.840 bits per heavy atom. The second-order valence-corrected chi connectivity index (χ2v) is 5.93. The number of ether oxygens (including phenoxy) is 1. The van der Waals surface area contributed by atoms with E-state index in [0.29, 0.717) is 11.4 Å². The Kier molecular flexibility index (Phi) is 6.05. The summed E-state index contributed by atoms with van der Waals surface area (Å²) < 4.78 is 4.93. The maximum absolute atomic E-state index is 12.1. The number of rotatable bonds is 6. The number of anilines is 2. The number of aromatic nitrogens is 2. The molecule has 7 nitrogen and oxygen atoms in total. The van der Waals surface area contributed by atoms with Gasteiger partial charge in [0.1, 0.15) is 0 Å². The molecule has 0 unspecified atom stereocenters. The molecule has 0 fully saturated rings. The van der Waals surface area contributed by atoms with Crippen molar-refractivity contribution in [1.29, 1.82) is 0 Å². The first-order valence-electron chi connectivity index (χ1n) is 7.84. The summed E-state index contributed by atoms with van der Waals surface area (Å²) in [6.45, 7) is 0. The SMILES string of the molecule is CN(C)c1cccnc1CC(=O)OC(=O)Cc1ncccc1N(C)C. The summed E-state index contributed by atoms with van der Waals surface area (Å²) >= 11 is 0. The zero-order chi connectivity index (χ0) is 18.4. The van der Waals surface area contributed by atoms with E-state index < -0.39 is 11.9 Å². The minimum absolute atomic E-state index is 0.0666. The molecule has 2 rings (SSSR count). The molecule has 0 aliphatic heterocycles. The van der Waals surface area contributed by atoms with Crippen molar-refractivity contribution < 1.29 is 14.3 Å². The lowest BCUT2D eigenvalue weighted by Crippen LogP contribution is -2.20. The summed E-state index contributed by atoms with van der Waals surface area (Å²) in [6, 6.07) is 7.29. The van der Waals surface area contributed by atoms with Crippen molar-refractivity contribution >= 4 is 23.3 Å². The van der Waals surface area contributed by atoms with E-state index in [4.69, 9.17) is 4.74 Å². The normalized spacial score (nSPS) is 10.2. The quantitative estimate of drug-likeness (QED) is 0.581. The molecule has 7 heteroatoms. The second kappa shape index (κ2) is 8.23. The van der Waals surface area contributed by atoms with Gasteiger partial charge in [0.15, 0.2) is 0 Å². The van der Waals surface area contributed by atoms with Crippen molar-refractivity contribution in [3.63, 3.8) is 0 Å². The number of hydrogen-bond donors (Lipinski definition) is 0. The highest BCUT2D eigenvalue weighted by Crippen LogP contribution is 2.18. The smallest absolute Gasteiger partial charge is 0.319 e. The van der Waals surface area contributed by atoms with Crippen LogP contribution in [-0.4, -0.2) is 50.1 Å². The van der Waals surface area contributed by atoms with E-state index in [9.17, 15) is 9.59 Å². The van der Waals surface area contributed by atoms with Gasteiger partial charge in [0.2, 0.25) is 0 Å². The Bertz CT molecular complexity index is 696. The molecule has 132 valence electrons. The summed E-state index contributed by atoms with van der Waals surface area (Å²) in [5.74, 6) is -1.26. The lowest BCUT2D eigenvalue weighted by molar-refractivity contribution is -0.158. The van der Waals surface area contributed by atoms with Crippen LogP contribution in [-0.2, 0) is 27.2 Å². The largest absolute Gasteiger partial charge is 0.393 e.